The Balaban J connectivity index is 1.66. The molecule has 1 amide bonds. The number of thiophene rings is 1. The van der Waals surface area contributed by atoms with Crippen LogP contribution in [0.2, 0.25) is 0 Å². The highest BCUT2D eigenvalue weighted by atomic mass is 32.1. The largest absolute Gasteiger partial charge is 0.315 e. The first-order chi connectivity index (χ1) is 12.0. The van der Waals surface area contributed by atoms with E-state index >= 15 is 0 Å². The second-order valence-electron chi connectivity index (χ2n) is 6.41. The number of carbonyl (C=O) groups excluding carboxylic acids is 1. The number of nitriles is 1. The summed E-state index contributed by atoms with van der Waals surface area (Å²) in [5.74, 6) is -0.376. The van der Waals surface area contributed by atoms with Crippen LogP contribution >= 0.6 is 11.3 Å². The molecular weight excluding hydrogens is 337 g/mol. The molecule has 4 nitrogen and oxygen atoms in total. The lowest BCUT2D eigenvalue weighted by Gasteiger charge is -2.21. The highest BCUT2D eigenvalue weighted by Crippen LogP contribution is 2.32. The van der Waals surface area contributed by atoms with Gasteiger partial charge in [0.2, 0.25) is 5.91 Å². The average molecular weight is 357 g/mol. The van der Waals surface area contributed by atoms with Crippen LogP contribution in [-0.2, 0) is 11.3 Å². The van der Waals surface area contributed by atoms with Crippen LogP contribution in [0.25, 0.3) is 0 Å². The fourth-order valence-electron chi connectivity index (χ4n) is 2.78. The minimum atomic E-state index is -0.257. The molecule has 1 aromatic carbocycles. The maximum absolute atomic E-state index is 13.1. The third kappa shape index (κ3) is 4.25. The fraction of sp³-hybridized carbons (Fsp3) is 0.368. The van der Waals surface area contributed by atoms with E-state index in [-0.39, 0.29) is 18.3 Å². The Morgan fingerprint density at radius 1 is 1.36 bits per heavy atom. The Kier molecular flexibility index (Phi) is 5.16. The van der Waals surface area contributed by atoms with Crippen molar-refractivity contribution in [3.63, 3.8) is 0 Å². The molecule has 0 atom stereocenters. The maximum Gasteiger partial charge on any atom is 0.239 e. The van der Waals surface area contributed by atoms with E-state index in [9.17, 15) is 14.4 Å². The lowest BCUT2D eigenvalue weighted by molar-refractivity contribution is -0.117. The van der Waals surface area contributed by atoms with Crippen LogP contribution in [0.15, 0.2) is 24.3 Å². The predicted molar refractivity (Wildman–Crippen MR) is 97.0 cm³/mol. The lowest BCUT2D eigenvalue weighted by Crippen LogP contribution is -2.34. The lowest BCUT2D eigenvalue weighted by atomic mass is 10.2. The van der Waals surface area contributed by atoms with Gasteiger partial charge >= 0.3 is 0 Å². The first-order valence-electron chi connectivity index (χ1n) is 8.26. The minimum absolute atomic E-state index is 0.119. The number of nitrogens with one attached hydrogen (secondary N) is 1. The number of halogens is 1. The molecule has 1 heterocycles. The van der Waals surface area contributed by atoms with Crippen LogP contribution in [0, 0.1) is 31.0 Å². The van der Waals surface area contributed by atoms with Crippen LogP contribution in [0.1, 0.15) is 34.4 Å². The van der Waals surface area contributed by atoms with Gasteiger partial charge in [-0.15, -0.1) is 11.3 Å². The minimum Gasteiger partial charge on any atom is -0.315 e. The van der Waals surface area contributed by atoms with E-state index in [1.54, 1.807) is 12.1 Å². The van der Waals surface area contributed by atoms with Crippen molar-refractivity contribution >= 4 is 22.2 Å². The van der Waals surface area contributed by atoms with Gasteiger partial charge in [0.15, 0.2) is 0 Å². The van der Waals surface area contributed by atoms with Gasteiger partial charge in [0, 0.05) is 17.5 Å². The van der Waals surface area contributed by atoms with Gasteiger partial charge in [-0.25, -0.2) is 4.39 Å². The van der Waals surface area contributed by atoms with Crippen molar-refractivity contribution in [3.8, 4) is 6.07 Å². The van der Waals surface area contributed by atoms with E-state index in [1.165, 1.54) is 23.5 Å². The fourth-order valence-corrected chi connectivity index (χ4v) is 3.81. The standard InChI is InChI=1S/C19H20FN3OS/c1-12-13(2)25-19(17(12)9-21)22-18(24)11-23(16-7-8-16)10-14-3-5-15(20)6-4-14/h3-6,16H,7-8,10-11H2,1-2H3,(H,22,24). The summed E-state index contributed by atoms with van der Waals surface area (Å²) in [5, 5.41) is 12.8. The van der Waals surface area contributed by atoms with Crippen molar-refractivity contribution in [2.24, 2.45) is 0 Å². The monoisotopic (exact) mass is 357 g/mol. The molecule has 0 bridgehead atoms. The molecule has 0 aliphatic heterocycles. The number of aryl methyl sites for hydroxylation is 1. The molecule has 3 rings (SSSR count). The number of benzene rings is 1. The van der Waals surface area contributed by atoms with Crippen molar-refractivity contribution in [2.75, 3.05) is 11.9 Å². The summed E-state index contributed by atoms with van der Waals surface area (Å²) in [6, 6.07) is 8.96. The van der Waals surface area contributed by atoms with Crippen LogP contribution < -0.4 is 5.32 Å². The highest BCUT2D eigenvalue weighted by Gasteiger charge is 2.30. The molecule has 2 aromatic rings. The summed E-state index contributed by atoms with van der Waals surface area (Å²) in [5.41, 5.74) is 2.46. The Labute approximate surface area is 150 Å². The second-order valence-corrected chi connectivity index (χ2v) is 7.63. The molecule has 1 saturated carbocycles. The van der Waals surface area contributed by atoms with E-state index in [1.807, 2.05) is 13.8 Å². The predicted octanol–water partition coefficient (Wildman–Crippen LogP) is 3.98. The maximum atomic E-state index is 13.1. The van der Waals surface area contributed by atoms with Crippen LogP contribution in [-0.4, -0.2) is 23.4 Å². The quantitative estimate of drug-likeness (QED) is 0.851. The van der Waals surface area contributed by atoms with Gasteiger partial charge < -0.3 is 5.32 Å². The third-order valence-corrected chi connectivity index (χ3v) is 5.58. The zero-order valence-corrected chi connectivity index (χ0v) is 15.1. The number of carbonyl (C=O) groups is 1. The molecule has 25 heavy (non-hydrogen) atoms. The molecule has 1 aliphatic carbocycles. The van der Waals surface area contributed by atoms with E-state index in [0.717, 1.165) is 28.8 Å². The Morgan fingerprint density at radius 2 is 2.04 bits per heavy atom. The van der Waals surface area contributed by atoms with E-state index < -0.39 is 0 Å². The average Bonchev–Trinajstić information content (AvgIpc) is 3.37. The number of hydrogen-bond donors (Lipinski definition) is 1. The molecule has 1 aromatic heterocycles. The number of nitrogens with zero attached hydrogens (tertiary/aromatic N) is 2. The summed E-state index contributed by atoms with van der Waals surface area (Å²) >= 11 is 1.44. The Morgan fingerprint density at radius 3 is 2.64 bits per heavy atom. The van der Waals surface area contributed by atoms with Crippen molar-refractivity contribution < 1.29 is 9.18 Å². The molecule has 0 unspecified atom stereocenters. The number of amides is 1. The van der Waals surface area contributed by atoms with Crippen LogP contribution in [0.3, 0.4) is 0 Å². The number of hydrogen-bond acceptors (Lipinski definition) is 4. The van der Waals surface area contributed by atoms with E-state index in [0.29, 0.717) is 23.2 Å². The molecule has 1 aliphatic rings. The van der Waals surface area contributed by atoms with Gasteiger partial charge in [-0.05, 0) is 49.9 Å². The smallest absolute Gasteiger partial charge is 0.239 e. The van der Waals surface area contributed by atoms with Crippen molar-refractivity contribution in [1.29, 1.82) is 5.26 Å². The van der Waals surface area contributed by atoms with E-state index in [2.05, 4.69) is 16.3 Å². The van der Waals surface area contributed by atoms with Gasteiger partial charge in [0.25, 0.3) is 0 Å². The summed E-state index contributed by atoms with van der Waals surface area (Å²) in [7, 11) is 0. The molecule has 0 radical (unpaired) electrons. The molecule has 130 valence electrons. The van der Waals surface area contributed by atoms with Gasteiger partial charge in [-0.3, -0.25) is 9.69 Å². The first kappa shape index (κ1) is 17.6. The third-order valence-electron chi connectivity index (χ3n) is 4.46. The molecule has 1 N–H and O–H groups in total. The Hall–Kier alpha value is -2.23. The topological polar surface area (TPSA) is 56.1 Å². The molecule has 1 fully saturated rings. The van der Waals surface area contributed by atoms with Gasteiger partial charge in [-0.2, -0.15) is 5.26 Å². The van der Waals surface area contributed by atoms with Crippen LogP contribution in [0.4, 0.5) is 9.39 Å². The molecule has 0 spiro atoms. The van der Waals surface area contributed by atoms with Gasteiger partial charge in [0.05, 0.1) is 12.1 Å². The normalized spacial score (nSPS) is 13.7. The van der Waals surface area contributed by atoms with Crippen molar-refractivity contribution in [2.45, 2.75) is 39.3 Å². The highest BCUT2D eigenvalue weighted by molar-refractivity contribution is 7.16. The zero-order chi connectivity index (χ0) is 18.0. The summed E-state index contributed by atoms with van der Waals surface area (Å²) in [4.78, 5) is 15.6. The van der Waals surface area contributed by atoms with Crippen LogP contribution in [0.5, 0.6) is 0 Å². The zero-order valence-electron chi connectivity index (χ0n) is 14.3. The van der Waals surface area contributed by atoms with Crippen molar-refractivity contribution in [3.05, 3.63) is 51.7 Å². The first-order valence-corrected chi connectivity index (χ1v) is 9.08. The van der Waals surface area contributed by atoms with Gasteiger partial charge in [0.1, 0.15) is 16.9 Å². The number of rotatable bonds is 6. The Bertz CT molecular complexity index is 818. The summed E-state index contributed by atoms with van der Waals surface area (Å²) in [6.07, 6.45) is 2.16. The number of anilines is 1. The molecule has 6 heteroatoms. The van der Waals surface area contributed by atoms with Crippen molar-refractivity contribution in [1.82, 2.24) is 4.90 Å². The van der Waals surface area contributed by atoms with E-state index in [4.69, 9.17) is 0 Å². The molecular formula is C19H20FN3OS. The summed E-state index contributed by atoms with van der Waals surface area (Å²) < 4.78 is 13.1. The summed E-state index contributed by atoms with van der Waals surface area (Å²) in [6.45, 7) is 4.72. The van der Waals surface area contributed by atoms with Gasteiger partial charge in [-0.1, -0.05) is 12.1 Å². The second kappa shape index (κ2) is 7.34. The SMILES string of the molecule is Cc1sc(NC(=O)CN(Cc2ccc(F)cc2)C2CC2)c(C#N)c1C. The molecule has 0 saturated heterocycles.